The topological polar surface area (TPSA) is 118 Å². The predicted octanol–water partition coefficient (Wildman–Crippen LogP) is 1.48. The van der Waals surface area contributed by atoms with Gasteiger partial charge in [0, 0.05) is 31.7 Å². The Morgan fingerprint density at radius 1 is 1.07 bits per heavy atom. The van der Waals surface area contributed by atoms with Crippen LogP contribution in [0.5, 0.6) is 0 Å². The second-order valence-electron chi connectivity index (χ2n) is 6.46. The lowest BCUT2D eigenvalue weighted by Gasteiger charge is -2.14. The molecule has 0 bridgehead atoms. The van der Waals surface area contributed by atoms with Crippen molar-refractivity contribution in [3.63, 3.8) is 0 Å². The molecular weight excluding hydrogens is 416 g/mol. The lowest BCUT2D eigenvalue weighted by Crippen LogP contribution is -2.42. The molecule has 0 aliphatic rings. The van der Waals surface area contributed by atoms with Crippen LogP contribution in [-0.4, -0.2) is 34.9 Å². The summed E-state index contributed by atoms with van der Waals surface area (Å²) in [5.41, 5.74) is 5.18. The number of hydrogen-bond acceptors (Lipinski definition) is 7. The van der Waals surface area contributed by atoms with Crippen molar-refractivity contribution in [1.82, 2.24) is 23.9 Å². The summed E-state index contributed by atoms with van der Waals surface area (Å²) in [4.78, 5) is 37.3. The number of nitrogens with two attached hydrogens (primary N) is 1. The van der Waals surface area contributed by atoms with Crippen molar-refractivity contribution < 1.29 is 4.79 Å². The summed E-state index contributed by atoms with van der Waals surface area (Å²) >= 11 is 7.07. The fraction of sp³-hybridized carbons (Fsp3) is 0.278. The fourth-order valence-electron chi connectivity index (χ4n) is 2.77. The van der Waals surface area contributed by atoms with E-state index in [2.05, 4.69) is 10.2 Å². The monoisotopic (exact) mass is 434 g/mol. The van der Waals surface area contributed by atoms with Gasteiger partial charge in [0.1, 0.15) is 11.4 Å². The number of anilines is 1. The van der Waals surface area contributed by atoms with Crippen molar-refractivity contribution in [2.45, 2.75) is 17.3 Å². The third-order valence-corrected chi connectivity index (χ3v) is 5.93. The molecule has 0 saturated carbocycles. The largest absolute Gasteiger partial charge is 0.384 e. The van der Waals surface area contributed by atoms with Crippen molar-refractivity contribution in [2.75, 3.05) is 5.73 Å². The zero-order valence-electron chi connectivity index (χ0n) is 16.2. The van der Waals surface area contributed by atoms with Crippen LogP contribution in [0.3, 0.4) is 0 Å². The van der Waals surface area contributed by atoms with Crippen LogP contribution in [-0.2, 0) is 21.1 Å². The first-order valence-corrected chi connectivity index (χ1v) is 9.81. The van der Waals surface area contributed by atoms with Gasteiger partial charge in [-0.2, -0.15) is 0 Å². The Hall–Kier alpha value is -2.85. The first kappa shape index (κ1) is 20.9. The highest BCUT2D eigenvalue weighted by molar-refractivity contribution is 8.00. The number of halogens is 1. The molecule has 1 unspecified atom stereocenters. The molecule has 0 saturated heterocycles. The highest BCUT2D eigenvalue weighted by Crippen LogP contribution is 2.28. The van der Waals surface area contributed by atoms with Crippen LogP contribution in [0.4, 0.5) is 5.82 Å². The third kappa shape index (κ3) is 3.73. The van der Waals surface area contributed by atoms with Crippen LogP contribution < -0.4 is 17.0 Å². The number of aromatic nitrogens is 5. The number of nitrogen functional groups attached to an aromatic ring is 1. The Labute approximate surface area is 175 Å². The Kier molecular flexibility index (Phi) is 5.67. The first-order chi connectivity index (χ1) is 13.6. The van der Waals surface area contributed by atoms with Gasteiger partial charge in [-0.25, -0.2) is 4.79 Å². The number of hydrogen-bond donors (Lipinski definition) is 1. The molecule has 3 aromatic rings. The molecule has 2 N–H and O–H groups in total. The number of benzene rings is 1. The van der Waals surface area contributed by atoms with Gasteiger partial charge in [0.15, 0.2) is 16.8 Å². The molecule has 0 fully saturated rings. The van der Waals surface area contributed by atoms with Crippen molar-refractivity contribution in [2.24, 2.45) is 21.1 Å². The minimum Gasteiger partial charge on any atom is -0.384 e. The summed E-state index contributed by atoms with van der Waals surface area (Å²) in [6.45, 7) is 1.65. The zero-order valence-corrected chi connectivity index (χ0v) is 17.8. The molecule has 2 heterocycles. The van der Waals surface area contributed by atoms with Gasteiger partial charge in [-0.15, -0.1) is 10.2 Å². The van der Waals surface area contributed by atoms with Crippen LogP contribution >= 0.6 is 23.4 Å². The number of Topliss-reactive ketones (excluding diaryl/α,β-unsaturated/α-hetero) is 1. The highest BCUT2D eigenvalue weighted by Gasteiger charge is 2.27. The van der Waals surface area contributed by atoms with Gasteiger partial charge in [0.05, 0.1) is 5.25 Å². The minimum atomic E-state index is -0.720. The number of carbonyl (C=O) groups excluding carboxylic acids is 1. The zero-order chi connectivity index (χ0) is 21.5. The number of carbonyl (C=O) groups is 1. The maximum atomic E-state index is 12.9. The summed E-state index contributed by atoms with van der Waals surface area (Å²) in [6, 6.07) is 7.15. The standard InChI is InChI=1S/C18H19ClN6O3S/c1-9(13(26)12-14(20)23(2)18(28)25(4)16(12)27)29-17-22-21-15(24(17)3)10-5-7-11(19)8-6-10/h5-9H,20H2,1-4H3. The molecule has 3 rings (SSSR count). The van der Waals surface area contributed by atoms with Crippen LogP contribution in [0.1, 0.15) is 17.3 Å². The van der Waals surface area contributed by atoms with Crippen LogP contribution in [0.25, 0.3) is 11.4 Å². The van der Waals surface area contributed by atoms with Gasteiger partial charge in [-0.3, -0.25) is 18.7 Å². The second kappa shape index (κ2) is 7.88. The van der Waals surface area contributed by atoms with Crippen molar-refractivity contribution in [1.29, 1.82) is 0 Å². The Morgan fingerprint density at radius 2 is 1.69 bits per heavy atom. The molecule has 152 valence electrons. The van der Waals surface area contributed by atoms with Crippen molar-refractivity contribution in [3.05, 3.63) is 55.7 Å². The van der Waals surface area contributed by atoms with E-state index in [1.807, 2.05) is 12.1 Å². The summed E-state index contributed by atoms with van der Waals surface area (Å²) in [5.74, 6) is -0.0311. The maximum Gasteiger partial charge on any atom is 0.332 e. The molecule has 1 atom stereocenters. The number of rotatable bonds is 5. The molecule has 2 aromatic heterocycles. The minimum absolute atomic E-state index is 0.157. The van der Waals surface area contributed by atoms with Gasteiger partial charge in [0.25, 0.3) is 5.56 Å². The van der Waals surface area contributed by atoms with E-state index in [9.17, 15) is 14.4 Å². The summed E-state index contributed by atoms with van der Waals surface area (Å²) in [5, 5.41) is 8.75. The lowest BCUT2D eigenvalue weighted by molar-refractivity contribution is 0.0992. The number of thioether (sulfide) groups is 1. The average Bonchev–Trinajstić information content (AvgIpc) is 3.05. The summed E-state index contributed by atoms with van der Waals surface area (Å²) < 4.78 is 3.69. The summed E-state index contributed by atoms with van der Waals surface area (Å²) in [6.07, 6.45) is 0. The molecule has 0 radical (unpaired) electrons. The normalized spacial score (nSPS) is 12.2. The van der Waals surface area contributed by atoms with E-state index in [0.717, 1.165) is 26.5 Å². The quantitative estimate of drug-likeness (QED) is 0.477. The van der Waals surface area contributed by atoms with Gasteiger partial charge in [0.2, 0.25) is 0 Å². The van der Waals surface area contributed by atoms with Gasteiger partial charge in [-0.1, -0.05) is 23.4 Å². The van der Waals surface area contributed by atoms with E-state index < -0.39 is 22.3 Å². The van der Waals surface area contributed by atoms with E-state index in [4.69, 9.17) is 17.3 Å². The molecule has 0 amide bonds. The Balaban J connectivity index is 1.91. The van der Waals surface area contributed by atoms with Crippen LogP contribution in [0.15, 0.2) is 39.0 Å². The Bertz CT molecular complexity index is 1210. The van der Waals surface area contributed by atoms with Crippen molar-refractivity contribution >= 4 is 35.0 Å². The number of ketones is 1. The molecule has 29 heavy (non-hydrogen) atoms. The Morgan fingerprint density at radius 3 is 2.31 bits per heavy atom. The molecule has 0 aliphatic heterocycles. The van der Waals surface area contributed by atoms with Crippen LogP contribution in [0, 0.1) is 0 Å². The van der Waals surface area contributed by atoms with Gasteiger partial charge in [-0.05, 0) is 31.2 Å². The smallest absolute Gasteiger partial charge is 0.332 e. The number of nitrogens with zero attached hydrogens (tertiary/aromatic N) is 5. The SMILES string of the molecule is CC(Sc1nnc(-c2ccc(Cl)cc2)n1C)C(=O)c1c(N)n(C)c(=O)n(C)c1=O. The maximum absolute atomic E-state index is 12.9. The van der Waals surface area contributed by atoms with E-state index in [-0.39, 0.29) is 11.4 Å². The average molecular weight is 435 g/mol. The van der Waals surface area contributed by atoms with E-state index in [1.54, 1.807) is 30.7 Å². The lowest BCUT2D eigenvalue weighted by atomic mass is 10.1. The second-order valence-corrected chi connectivity index (χ2v) is 8.21. The summed E-state index contributed by atoms with van der Waals surface area (Å²) in [7, 11) is 4.50. The molecule has 0 spiro atoms. The fourth-order valence-corrected chi connectivity index (χ4v) is 3.77. The first-order valence-electron chi connectivity index (χ1n) is 8.55. The molecule has 1 aromatic carbocycles. The van der Waals surface area contributed by atoms with E-state index >= 15 is 0 Å². The molecule has 0 aliphatic carbocycles. The van der Waals surface area contributed by atoms with Gasteiger partial charge >= 0.3 is 5.69 Å². The molecule has 11 heteroatoms. The predicted molar refractivity (Wildman–Crippen MR) is 112 cm³/mol. The van der Waals surface area contributed by atoms with Crippen molar-refractivity contribution in [3.8, 4) is 11.4 Å². The van der Waals surface area contributed by atoms with E-state index in [1.165, 1.54) is 14.1 Å². The highest BCUT2D eigenvalue weighted by atomic mass is 35.5. The van der Waals surface area contributed by atoms with Gasteiger partial charge < -0.3 is 10.3 Å². The third-order valence-electron chi connectivity index (χ3n) is 4.54. The van der Waals surface area contributed by atoms with E-state index in [0.29, 0.717) is 16.0 Å². The molecular formula is C18H19ClN6O3S. The van der Waals surface area contributed by atoms with Crippen LogP contribution in [0.2, 0.25) is 5.02 Å². The molecule has 9 nitrogen and oxygen atoms in total.